The van der Waals surface area contributed by atoms with Crippen LogP contribution in [0.1, 0.15) is 25.3 Å². The van der Waals surface area contributed by atoms with Crippen LogP contribution in [0, 0.1) is 0 Å². The zero-order chi connectivity index (χ0) is 38.9. The Balaban J connectivity index is 1.26. The maximum atomic E-state index is 2.56. The lowest BCUT2D eigenvalue weighted by molar-refractivity contribution is 0.600. The van der Waals surface area contributed by atoms with Crippen LogP contribution in [-0.2, 0) is 5.41 Å². The second-order valence-electron chi connectivity index (χ2n) is 15.9. The fraction of sp³-hybridized carbons (Fsp3) is 0.0909. The molecule has 0 saturated carbocycles. The highest BCUT2D eigenvalue weighted by Gasteiger charge is 2.42. The van der Waals surface area contributed by atoms with Crippen molar-refractivity contribution in [3.8, 4) is 5.69 Å². The van der Waals surface area contributed by atoms with Crippen molar-refractivity contribution in [1.29, 1.82) is 0 Å². The van der Waals surface area contributed by atoms with E-state index in [0.29, 0.717) is 0 Å². The third-order valence-electron chi connectivity index (χ3n) is 12.4. The molecular weight excluding hydrogens is 717 g/mol. The van der Waals surface area contributed by atoms with Gasteiger partial charge in [-0.3, -0.25) is 0 Å². The van der Waals surface area contributed by atoms with Crippen LogP contribution in [0.25, 0.3) is 27.5 Å². The van der Waals surface area contributed by atoms with Crippen molar-refractivity contribution in [2.45, 2.75) is 31.2 Å². The Morgan fingerprint density at radius 1 is 0.517 bits per heavy atom. The van der Waals surface area contributed by atoms with Crippen molar-refractivity contribution in [2.24, 2.45) is 0 Å². The largest absolute Gasteiger partial charge is 0.334 e. The number of para-hydroxylation sites is 2. The lowest BCUT2D eigenvalue weighted by Crippen LogP contribution is -2.74. The summed E-state index contributed by atoms with van der Waals surface area (Å²) in [5.41, 5.74) is 7.28. The second kappa shape index (κ2) is 15.0. The normalized spacial score (nSPS) is 17.6. The van der Waals surface area contributed by atoms with Crippen molar-refractivity contribution in [3.05, 3.63) is 236 Å². The third-order valence-corrected chi connectivity index (χ3v) is 17.2. The summed E-state index contributed by atoms with van der Waals surface area (Å²) in [6.45, 7) is 2.36. The number of nitrogens with zero attached hydrogens (tertiary/aromatic N) is 2. The monoisotopic (exact) mass is 762 g/mol. The molecule has 2 aliphatic carbocycles. The number of allylic oxidation sites excluding steroid dienone is 6. The Morgan fingerprint density at radius 3 is 1.76 bits per heavy atom. The number of hydrogen-bond donors (Lipinski definition) is 0. The van der Waals surface area contributed by atoms with Gasteiger partial charge in [0.1, 0.15) is 0 Å². The van der Waals surface area contributed by atoms with E-state index in [1.165, 1.54) is 65.2 Å². The summed E-state index contributed by atoms with van der Waals surface area (Å²) in [7, 11) is -2.95. The molecule has 1 aromatic heterocycles. The first kappa shape index (κ1) is 35.7. The molecule has 280 valence electrons. The summed E-state index contributed by atoms with van der Waals surface area (Å²) in [4.78, 5) is 2.52. The Labute approximate surface area is 343 Å². The Kier molecular flexibility index (Phi) is 9.24. The van der Waals surface area contributed by atoms with Gasteiger partial charge in [0.05, 0.1) is 17.1 Å². The van der Waals surface area contributed by atoms with E-state index in [4.69, 9.17) is 0 Å². The van der Waals surface area contributed by atoms with Gasteiger partial charge < -0.3 is 9.47 Å². The van der Waals surface area contributed by atoms with Gasteiger partial charge in [0.25, 0.3) is 0 Å². The van der Waals surface area contributed by atoms with Gasteiger partial charge in [-0.05, 0) is 93.7 Å². The highest BCUT2D eigenvalue weighted by atomic mass is 28.3. The molecule has 0 spiro atoms. The van der Waals surface area contributed by atoms with Gasteiger partial charge in [-0.15, -0.1) is 0 Å². The average Bonchev–Trinajstić information content (AvgIpc) is 3.62. The molecule has 2 aliphatic rings. The van der Waals surface area contributed by atoms with Crippen LogP contribution in [-0.4, -0.2) is 18.7 Å². The first-order chi connectivity index (χ1) is 28.6. The first-order valence-electron chi connectivity index (χ1n) is 20.5. The van der Waals surface area contributed by atoms with Crippen molar-refractivity contribution in [2.75, 3.05) is 4.90 Å². The Bertz CT molecular complexity index is 2810. The van der Waals surface area contributed by atoms with E-state index in [-0.39, 0.29) is 11.5 Å². The summed E-state index contributed by atoms with van der Waals surface area (Å²) in [5.74, 6) is 0. The van der Waals surface area contributed by atoms with Crippen LogP contribution in [0.15, 0.2) is 231 Å². The minimum Gasteiger partial charge on any atom is -0.334 e. The highest BCUT2D eigenvalue weighted by molar-refractivity contribution is 7.20. The van der Waals surface area contributed by atoms with E-state index in [2.05, 4.69) is 247 Å². The molecule has 1 heterocycles. The maximum Gasteiger partial charge on any atom is 0.179 e. The number of aromatic nitrogens is 1. The molecule has 58 heavy (non-hydrogen) atoms. The molecule has 8 aromatic rings. The lowest BCUT2D eigenvalue weighted by Gasteiger charge is -2.37. The van der Waals surface area contributed by atoms with E-state index in [1.807, 2.05) is 0 Å². The van der Waals surface area contributed by atoms with Crippen molar-refractivity contribution >= 4 is 62.0 Å². The lowest BCUT2D eigenvalue weighted by atomic mass is 9.77. The van der Waals surface area contributed by atoms with Gasteiger partial charge in [0.15, 0.2) is 8.07 Å². The zero-order valence-electron chi connectivity index (χ0n) is 32.8. The van der Waals surface area contributed by atoms with E-state index in [1.54, 1.807) is 0 Å². The average molecular weight is 763 g/mol. The molecule has 0 saturated heterocycles. The smallest absolute Gasteiger partial charge is 0.179 e. The van der Waals surface area contributed by atoms with Gasteiger partial charge in [-0.1, -0.05) is 183 Å². The molecular formula is C55H46N2Si. The number of rotatable bonds is 9. The molecule has 2 atom stereocenters. The molecule has 10 rings (SSSR count). The molecule has 0 bridgehead atoms. The minimum atomic E-state index is -2.95. The van der Waals surface area contributed by atoms with Gasteiger partial charge in [-0.25, -0.2) is 0 Å². The molecule has 0 amide bonds. The highest BCUT2D eigenvalue weighted by Crippen LogP contribution is 2.38. The number of fused-ring (bicyclic) bond motifs is 3. The summed E-state index contributed by atoms with van der Waals surface area (Å²) >= 11 is 0. The first-order valence-corrected chi connectivity index (χ1v) is 22.5. The fourth-order valence-electron chi connectivity index (χ4n) is 9.55. The fourth-order valence-corrected chi connectivity index (χ4v) is 14.3. The molecule has 0 aliphatic heterocycles. The molecule has 0 radical (unpaired) electrons. The number of benzene rings is 7. The van der Waals surface area contributed by atoms with E-state index >= 15 is 0 Å². The maximum absolute atomic E-state index is 2.95. The molecule has 3 heteroatoms. The topological polar surface area (TPSA) is 8.17 Å². The quantitative estimate of drug-likeness (QED) is 0.105. The van der Waals surface area contributed by atoms with E-state index < -0.39 is 8.07 Å². The van der Waals surface area contributed by atoms with Crippen LogP contribution in [0.4, 0.5) is 11.4 Å². The van der Waals surface area contributed by atoms with Gasteiger partial charge in [0, 0.05) is 33.2 Å². The van der Waals surface area contributed by atoms with Crippen LogP contribution < -0.4 is 25.6 Å². The predicted molar refractivity (Wildman–Crippen MR) is 250 cm³/mol. The summed E-state index contributed by atoms with van der Waals surface area (Å²) in [6.07, 6.45) is 19.9. The van der Waals surface area contributed by atoms with Crippen LogP contribution in [0.3, 0.4) is 0 Å². The molecule has 2 unspecified atom stereocenters. The van der Waals surface area contributed by atoms with Crippen LogP contribution in [0.5, 0.6) is 0 Å². The summed E-state index contributed by atoms with van der Waals surface area (Å²) in [6, 6.07) is 68.7. The summed E-state index contributed by atoms with van der Waals surface area (Å²) in [5, 5.41) is 8.02. The summed E-state index contributed by atoms with van der Waals surface area (Å²) < 4.78 is 2.45. The van der Waals surface area contributed by atoms with Crippen molar-refractivity contribution in [3.63, 3.8) is 0 Å². The minimum absolute atomic E-state index is 0.0668. The van der Waals surface area contributed by atoms with Crippen molar-refractivity contribution in [1.82, 2.24) is 4.57 Å². The van der Waals surface area contributed by atoms with E-state index in [9.17, 15) is 0 Å². The Hall–Kier alpha value is -6.68. The Morgan fingerprint density at radius 2 is 1.10 bits per heavy atom. The van der Waals surface area contributed by atoms with Gasteiger partial charge in [0.2, 0.25) is 0 Å². The number of anilines is 2. The van der Waals surface area contributed by atoms with Gasteiger partial charge in [-0.2, -0.15) is 0 Å². The second-order valence-corrected chi connectivity index (χ2v) is 19.7. The van der Waals surface area contributed by atoms with Gasteiger partial charge >= 0.3 is 0 Å². The zero-order valence-corrected chi connectivity index (χ0v) is 33.8. The molecule has 2 nitrogen and oxygen atoms in total. The predicted octanol–water partition coefficient (Wildman–Crippen LogP) is 11.0. The van der Waals surface area contributed by atoms with E-state index in [0.717, 1.165) is 12.8 Å². The standard InChI is InChI=1S/C55H46N2Si/c1-55(37-18-7-19-38-55)42-33-35-53-51(39-42)52-41-50(34-36-54(52)57(53)45-25-12-4-13-26-45)58(47-28-14-5-15-29-47,48-30-16-6-17-31-48)49-32-20-27-46(40-49)56(43-21-8-2-9-22-43)44-23-10-3-11-24-44/h2-23,25-37,39-41,44H,24,38H2,1H3. The van der Waals surface area contributed by atoms with Crippen molar-refractivity contribution < 1.29 is 0 Å². The molecule has 0 fully saturated rings. The SMILES string of the molecule is CC1(c2ccc3c(c2)c2cc([Si](c4ccccc4)(c4ccccc4)c4cccc(N(c5ccccc5)C5C=CC=CC5)c4)ccc2n3-c2ccccc2)C=CC=CC1. The molecule has 7 aromatic carbocycles. The van der Waals surface area contributed by atoms with Crippen LogP contribution in [0.2, 0.25) is 0 Å². The van der Waals surface area contributed by atoms with Crippen LogP contribution >= 0.6 is 0 Å². The number of hydrogen-bond acceptors (Lipinski definition) is 1. The molecule has 0 N–H and O–H groups in total. The third kappa shape index (κ3) is 6.11.